The van der Waals surface area contributed by atoms with Crippen LogP contribution in [0.25, 0.3) is 0 Å². The molecule has 5 aliphatic rings. The summed E-state index contributed by atoms with van der Waals surface area (Å²) in [6.07, 6.45) is 15.0. The lowest BCUT2D eigenvalue weighted by atomic mass is 9.44. The molecule has 5 fully saturated rings. The van der Waals surface area contributed by atoms with Crippen LogP contribution in [0.15, 0.2) is 0 Å². The van der Waals surface area contributed by atoms with E-state index in [1.807, 2.05) is 0 Å². The van der Waals surface area contributed by atoms with Crippen molar-refractivity contribution in [2.45, 2.75) is 110 Å². The molecule has 0 radical (unpaired) electrons. The Morgan fingerprint density at radius 2 is 1.69 bits per heavy atom. The lowest BCUT2D eigenvalue weighted by Gasteiger charge is -2.61. The predicted octanol–water partition coefficient (Wildman–Crippen LogP) is 6.03. The molecule has 11 atom stereocenters. The molecule has 0 aromatic carbocycles. The Balaban J connectivity index is 1.30. The number of nitrogens with one attached hydrogen (secondary N) is 1. The minimum Gasteiger partial charge on any atom is -0.393 e. The highest BCUT2D eigenvalue weighted by molar-refractivity contribution is 5.10. The molecule has 0 spiro atoms. The van der Waals surface area contributed by atoms with E-state index in [-0.39, 0.29) is 6.10 Å². The average molecular weight is 402 g/mol. The van der Waals surface area contributed by atoms with Gasteiger partial charge in [-0.25, -0.2) is 0 Å². The zero-order chi connectivity index (χ0) is 20.4. The molecule has 1 heterocycles. The van der Waals surface area contributed by atoms with Crippen molar-refractivity contribution in [3.63, 3.8) is 0 Å². The summed E-state index contributed by atoms with van der Waals surface area (Å²) in [6, 6.07) is 0.780. The fraction of sp³-hybridized carbons (Fsp3) is 1.00. The second-order valence-electron chi connectivity index (χ2n) is 13.0. The highest BCUT2D eigenvalue weighted by Gasteiger charge is 2.60. The molecule has 1 saturated heterocycles. The van der Waals surface area contributed by atoms with Crippen molar-refractivity contribution in [3.05, 3.63) is 0 Å². The number of hydrogen-bond acceptors (Lipinski definition) is 2. The summed E-state index contributed by atoms with van der Waals surface area (Å²) in [6.45, 7) is 11.6. The fourth-order valence-corrected chi connectivity index (χ4v) is 10.0. The van der Waals surface area contributed by atoms with E-state index in [0.717, 1.165) is 60.3 Å². The van der Waals surface area contributed by atoms with E-state index >= 15 is 0 Å². The maximum absolute atomic E-state index is 10.3. The molecule has 166 valence electrons. The molecule has 0 bridgehead atoms. The zero-order valence-corrected chi connectivity index (χ0v) is 19.6. The third-order valence-corrected chi connectivity index (χ3v) is 11.5. The van der Waals surface area contributed by atoms with Crippen LogP contribution < -0.4 is 5.32 Å². The Kier molecular flexibility index (Phi) is 5.38. The second kappa shape index (κ2) is 7.51. The summed E-state index contributed by atoms with van der Waals surface area (Å²) >= 11 is 0. The lowest BCUT2D eigenvalue weighted by Crippen LogP contribution is -2.54. The Morgan fingerprint density at radius 3 is 2.45 bits per heavy atom. The van der Waals surface area contributed by atoms with Gasteiger partial charge in [0.05, 0.1) is 6.10 Å². The lowest BCUT2D eigenvalue weighted by molar-refractivity contribution is -0.129. The van der Waals surface area contributed by atoms with Crippen LogP contribution >= 0.6 is 0 Å². The van der Waals surface area contributed by atoms with Crippen molar-refractivity contribution in [3.8, 4) is 0 Å². The van der Waals surface area contributed by atoms with Crippen LogP contribution in [0.2, 0.25) is 0 Å². The Hall–Kier alpha value is -0.0800. The first-order valence-electron chi connectivity index (χ1n) is 13.2. The van der Waals surface area contributed by atoms with Crippen molar-refractivity contribution in [1.82, 2.24) is 5.32 Å². The van der Waals surface area contributed by atoms with E-state index in [2.05, 4.69) is 33.0 Å². The van der Waals surface area contributed by atoms with Crippen molar-refractivity contribution in [2.24, 2.45) is 52.3 Å². The molecular formula is C27H47NO. The van der Waals surface area contributed by atoms with Gasteiger partial charge in [-0.1, -0.05) is 27.7 Å². The molecule has 0 amide bonds. The van der Waals surface area contributed by atoms with Crippen molar-refractivity contribution < 1.29 is 5.11 Å². The molecule has 11 unspecified atom stereocenters. The molecular weight excluding hydrogens is 354 g/mol. The third kappa shape index (κ3) is 3.34. The predicted molar refractivity (Wildman–Crippen MR) is 121 cm³/mol. The number of hydrogen-bond donors (Lipinski definition) is 2. The van der Waals surface area contributed by atoms with E-state index in [9.17, 15) is 5.11 Å². The zero-order valence-electron chi connectivity index (χ0n) is 19.6. The van der Waals surface area contributed by atoms with Crippen LogP contribution in [0, 0.1) is 52.3 Å². The van der Waals surface area contributed by atoms with Gasteiger partial charge in [0.25, 0.3) is 0 Å². The van der Waals surface area contributed by atoms with Gasteiger partial charge in [0.1, 0.15) is 0 Å². The van der Waals surface area contributed by atoms with E-state index in [1.54, 1.807) is 0 Å². The van der Waals surface area contributed by atoms with Crippen LogP contribution in [0.3, 0.4) is 0 Å². The van der Waals surface area contributed by atoms with Gasteiger partial charge in [-0.05, 0) is 129 Å². The number of aliphatic hydroxyl groups is 1. The summed E-state index contributed by atoms with van der Waals surface area (Å²) in [5.41, 5.74) is 1.12. The highest BCUT2D eigenvalue weighted by atomic mass is 16.3. The summed E-state index contributed by atoms with van der Waals surface area (Å²) in [4.78, 5) is 0. The van der Waals surface area contributed by atoms with Gasteiger partial charge >= 0.3 is 0 Å². The van der Waals surface area contributed by atoms with Gasteiger partial charge in [0, 0.05) is 6.04 Å². The first kappa shape index (κ1) is 20.8. The first-order valence-corrected chi connectivity index (χ1v) is 13.2. The number of fused-ring (bicyclic) bond motifs is 5. The largest absolute Gasteiger partial charge is 0.393 e. The van der Waals surface area contributed by atoms with Gasteiger partial charge in [0.15, 0.2) is 0 Å². The normalized spacial score (nSPS) is 55.8. The van der Waals surface area contributed by atoms with Crippen molar-refractivity contribution in [1.29, 1.82) is 0 Å². The Morgan fingerprint density at radius 1 is 0.931 bits per heavy atom. The van der Waals surface area contributed by atoms with Crippen LogP contribution in [-0.4, -0.2) is 23.8 Å². The summed E-state index contributed by atoms with van der Waals surface area (Å²) < 4.78 is 0. The number of aliphatic hydroxyl groups excluding tert-OH is 1. The Bertz CT molecular complexity index is 605. The molecule has 29 heavy (non-hydrogen) atoms. The molecule has 4 aliphatic carbocycles. The Labute approximate surface area is 180 Å². The molecule has 4 saturated carbocycles. The standard InChI is InChI=1S/C27H47NO/c1-17-13-20(28-16-17)14-18(2)23-7-8-24-22-6-5-19-15-21(29)9-11-26(19,3)25(22)10-12-27(23,24)4/h17-25,28-29H,5-16H2,1-4H3. The van der Waals surface area contributed by atoms with Gasteiger partial charge in [-0.2, -0.15) is 0 Å². The number of rotatable bonds is 3. The maximum atomic E-state index is 10.3. The molecule has 1 aliphatic heterocycles. The van der Waals surface area contributed by atoms with E-state index in [1.165, 1.54) is 64.3 Å². The van der Waals surface area contributed by atoms with Gasteiger partial charge in [0.2, 0.25) is 0 Å². The molecule has 5 rings (SSSR count). The molecule has 0 aromatic heterocycles. The highest BCUT2D eigenvalue weighted by Crippen LogP contribution is 2.68. The molecule has 2 N–H and O–H groups in total. The van der Waals surface area contributed by atoms with E-state index in [4.69, 9.17) is 0 Å². The second-order valence-corrected chi connectivity index (χ2v) is 13.0. The summed E-state index contributed by atoms with van der Waals surface area (Å²) in [5, 5.41) is 14.1. The minimum absolute atomic E-state index is 0.0119. The molecule has 0 aromatic rings. The van der Waals surface area contributed by atoms with Crippen LogP contribution in [-0.2, 0) is 0 Å². The smallest absolute Gasteiger partial charge is 0.0543 e. The van der Waals surface area contributed by atoms with Crippen LogP contribution in [0.4, 0.5) is 0 Å². The quantitative estimate of drug-likeness (QED) is 0.605. The first-order chi connectivity index (χ1) is 13.8. The van der Waals surface area contributed by atoms with Crippen molar-refractivity contribution in [2.75, 3.05) is 6.54 Å². The van der Waals surface area contributed by atoms with Gasteiger partial charge in [-0.3, -0.25) is 0 Å². The van der Waals surface area contributed by atoms with Crippen LogP contribution in [0.5, 0.6) is 0 Å². The molecule has 2 nitrogen and oxygen atoms in total. The maximum Gasteiger partial charge on any atom is 0.0543 e. The minimum atomic E-state index is -0.0119. The van der Waals surface area contributed by atoms with Gasteiger partial charge in [-0.15, -0.1) is 0 Å². The monoisotopic (exact) mass is 401 g/mol. The summed E-state index contributed by atoms with van der Waals surface area (Å²) in [5.74, 6) is 6.40. The molecule has 2 heteroatoms. The van der Waals surface area contributed by atoms with E-state index in [0.29, 0.717) is 10.8 Å². The van der Waals surface area contributed by atoms with Gasteiger partial charge < -0.3 is 10.4 Å². The van der Waals surface area contributed by atoms with Crippen molar-refractivity contribution >= 4 is 0 Å². The SMILES string of the molecule is CC1CNC(CC(C)C2CCC3C4CCC5CC(O)CCC5(C)C4CCC23C)C1. The van der Waals surface area contributed by atoms with Crippen LogP contribution in [0.1, 0.15) is 98.3 Å². The fourth-order valence-electron chi connectivity index (χ4n) is 10.0. The average Bonchev–Trinajstić information content (AvgIpc) is 3.24. The van der Waals surface area contributed by atoms with E-state index < -0.39 is 0 Å². The third-order valence-electron chi connectivity index (χ3n) is 11.5. The summed E-state index contributed by atoms with van der Waals surface area (Å²) in [7, 11) is 0. The topological polar surface area (TPSA) is 32.3 Å².